The van der Waals surface area contributed by atoms with E-state index in [0.29, 0.717) is 0 Å². The van der Waals surface area contributed by atoms with E-state index < -0.39 is 12.3 Å². The number of alkyl halides is 3. The second-order valence-corrected chi connectivity index (χ2v) is 2.75. The van der Waals surface area contributed by atoms with Gasteiger partial charge in [0.05, 0.1) is 0 Å². The normalized spacial score (nSPS) is 13.2. The van der Waals surface area contributed by atoms with Gasteiger partial charge in [-0.05, 0) is 6.07 Å². The molecule has 0 unspecified atom stereocenters. The second kappa shape index (κ2) is 4.82. The van der Waals surface area contributed by atoms with Gasteiger partial charge in [-0.2, -0.15) is 13.2 Å². The van der Waals surface area contributed by atoms with E-state index >= 15 is 0 Å². The predicted molar refractivity (Wildman–Crippen MR) is 47.5 cm³/mol. The zero-order valence-corrected chi connectivity index (χ0v) is 8.20. The van der Waals surface area contributed by atoms with Gasteiger partial charge in [0.15, 0.2) is 6.10 Å². The van der Waals surface area contributed by atoms with Crippen LogP contribution in [0.1, 0.15) is 11.7 Å². The summed E-state index contributed by atoms with van der Waals surface area (Å²) in [5.74, 6) is 0. The van der Waals surface area contributed by atoms with Crippen molar-refractivity contribution in [2.24, 2.45) is 0 Å². The third-order valence-electron chi connectivity index (χ3n) is 1.38. The minimum atomic E-state index is -4.67. The molecule has 1 N–H and O–H groups in total. The lowest BCUT2D eigenvalue weighted by Crippen LogP contribution is -2.20. The maximum Gasteiger partial charge on any atom is 0.418 e. The van der Waals surface area contributed by atoms with Gasteiger partial charge in [-0.25, -0.2) is 4.98 Å². The van der Waals surface area contributed by atoms with Crippen molar-refractivity contribution in [3.63, 3.8) is 0 Å². The molecule has 0 spiro atoms. The zero-order valence-electron chi connectivity index (χ0n) is 6.62. The number of rotatable bonds is 1. The first-order valence-corrected chi connectivity index (χ1v) is 3.65. The number of nitrogens with zero attached hydrogens (tertiary/aromatic N) is 1. The third kappa shape index (κ3) is 3.32. The van der Waals surface area contributed by atoms with Crippen LogP contribution in [0.4, 0.5) is 13.2 Å². The molecule has 1 heterocycles. The van der Waals surface area contributed by atoms with Crippen molar-refractivity contribution in [3.05, 3.63) is 29.0 Å². The van der Waals surface area contributed by atoms with Gasteiger partial charge in [0.25, 0.3) is 0 Å². The maximum atomic E-state index is 11.9. The molecule has 14 heavy (non-hydrogen) atoms. The smallest absolute Gasteiger partial charge is 0.379 e. The Labute approximate surface area is 89.1 Å². The van der Waals surface area contributed by atoms with Crippen LogP contribution in [0.3, 0.4) is 0 Å². The van der Waals surface area contributed by atoms with Crippen LogP contribution >= 0.6 is 24.0 Å². The molecule has 1 aromatic rings. The summed E-state index contributed by atoms with van der Waals surface area (Å²) in [4.78, 5) is 3.42. The molecule has 0 bridgehead atoms. The fourth-order valence-electron chi connectivity index (χ4n) is 0.738. The monoisotopic (exact) mass is 247 g/mol. The van der Waals surface area contributed by atoms with Crippen LogP contribution in [-0.2, 0) is 0 Å². The lowest BCUT2D eigenvalue weighted by molar-refractivity contribution is -0.206. The van der Waals surface area contributed by atoms with E-state index in [0.717, 1.165) is 12.3 Å². The van der Waals surface area contributed by atoms with Crippen LogP contribution in [0, 0.1) is 0 Å². The Morgan fingerprint density at radius 3 is 2.29 bits per heavy atom. The van der Waals surface area contributed by atoms with Crippen molar-refractivity contribution in [1.82, 2.24) is 4.98 Å². The predicted octanol–water partition coefficient (Wildman–Crippen LogP) is 2.75. The van der Waals surface area contributed by atoms with Crippen LogP contribution in [-0.4, -0.2) is 16.3 Å². The van der Waals surface area contributed by atoms with Gasteiger partial charge in [0.1, 0.15) is 5.15 Å². The average Bonchev–Trinajstić information content (AvgIpc) is 2.03. The first kappa shape index (κ1) is 13.5. The van der Waals surface area contributed by atoms with Gasteiger partial charge in [-0.3, -0.25) is 0 Å². The van der Waals surface area contributed by atoms with Crippen LogP contribution in [0.25, 0.3) is 0 Å². The molecule has 0 saturated carbocycles. The van der Waals surface area contributed by atoms with Gasteiger partial charge >= 0.3 is 6.18 Å². The Balaban J connectivity index is 0.00000169. The summed E-state index contributed by atoms with van der Waals surface area (Å²) < 4.78 is 35.8. The third-order valence-corrected chi connectivity index (χ3v) is 1.60. The van der Waals surface area contributed by atoms with Gasteiger partial charge in [-0.1, -0.05) is 17.7 Å². The fourth-order valence-corrected chi connectivity index (χ4v) is 0.850. The number of pyridine rings is 1. The Bertz CT molecular complexity index is 288. The van der Waals surface area contributed by atoms with Gasteiger partial charge in [0.2, 0.25) is 0 Å². The lowest BCUT2D eigenvalue weighted by Gasteiger charge is -2.13. The molecule has 7 heteroatoms. The highest BCUT2D eigenvalue weighted by atomic mass is 35.5. The van der Waals surface area contributed by atoms with Crippen LogP contribution in [0.2, 0.25) is 5.15 Å². The molecule has 0 aromatic carbocycles. The van der Waals surface area contributed by atoms with Crippen LogP contribution in [0.15, 0.2) is 18.3 Å². The fraction of sp³-hybridized carbons (Fsp3) is 0.286. The molecule has 0 aliphatic heterocycles. The number of halogens is 5. The molecular formula is C7H6Cl2F3NO. The molecule has 2 nitrogen and oxygen atoms in total. The zero-order chi connectivity index (χ0) is 10.1. The van der Waals surface area contributed by atoms with Crippen molar-refractivity contribution < 1.29 is 18.3 Å². The van der Waals surface area contributed by atoms with Gasteiger partial charge in [-0.15, -0.1) is 12.4 Å². The molecule has 0 amide bonds. The topological polar surface area (TPSA) is 33.1 Å². The highest BCUT2D eigenvalue weighted by Gasteiger charge is 2.39. The number of aromatic nitrogens is 1. The number of hydrogen-bond acceptors (Lipinski definition) is 2. The van der Waals surface area contributed by atoms with Gasteiger partial charge in [0, 0.05) is 11.8 Å². The molecule has 0 fully saturated rings. The Kier molecular flexibility index (Phi) is 4.64. The molecular weight excluding hydrogens is 242 g/mol. The summed E-state index contributed by atoms with van der Waals surface area (Å²) in [6, 6.07) is 2.26. The molecule has 1 rings (SSSR count). The van der Waals surface area contributed by atoms with E-state index in [1.165, 1.54) is 6.07 Å². The van der Waals surface area contributed by atoms with Crippen molar-refractivity contribution >= 4 is 24.0 Å². The number of hydrogen-bond donors (Lipinski definition) is 1. The van der Waals surface area contributed by atoms with E-state index in [1.54, 1.807) is 0 Å². The summed E-state index contributed by atoms with van der Waals surface area (Å²) in [6.45, 7) is 0. The molecule has 0 aliphatic carbocycles. The molecule has 80 valence electrons. The number of aliphatic hydroxyl groups is 1. The summed E-state index contributed by atoms with van der Waals surface area (Å²) >= 11 is 5.36. The first-order chi connectivity index (χ1) is 5.91. The molecule has 0 radical (unpaired) electrons. The summed E-state index contributed by atoms with van der Waals surface area (Å²) in [5, 5.41) is 8.82. The van der Waals surface area contributed by atoms with E-state index in [2.05, 4.69) is 4.98 Å². The minimum absolute atomic E-state index is 0. The van der Waals surface area contributed by atoms with Gasteiger partial charge < -0.3 is 5.11 Å². The van der Waals surface area contributed by atoms with E-state index in [9.17, 15) is 13.2 Å². The Morgan fingerprint density at radius 1 is 1.36 bits per heavy atom. The van der Waals surface area contributed by atoms with Crippen molar-refractivity contribution in [3.8, 4) is 0 Å². The van der Waals surface area contributed by atoms with E-state index in [-0.39, 0.29) is 23.1 Å². The standard InChI is InChI=1S/C7H5ClF3NO.ClH/c8-5-2-1-4(3-12-5)6(13)7(9,10)11;/h1-3,6,13H;1H/t6-;/m1./s1. The average molecular weight is 248 g/mol. The highest BCUT2D eigenvalue weighted by Crippen LogP contribution is 2.31. The Hall–Kier alpha value is -0.520. The lowest BCUT2D eigenvalue weighted by atomic mass is 10.1. The molecule has 1 aromatic heterocycles. The molecule has 1 atom stereocenters. The minimum Gasteiger partial charge on any atom is -0.379 e. The van der Waals surface area contributed by atoms with Crippen molar-refractivity contribution in [2.45, 2.75) is 12.3 Å². The Morgan fingerprint density at radius 2 is 1.93 bits per heavy atom. The maximum absolute atomic E-state index is 11.9. The van der Waals surface area contributed by atoms with Crippen LogP contribution < -0.4 is 0 Å². The summed E-state index contributed by atoms with van der Waals surface area (Å²) in [5.41, 5.74) is -0.322. The van der Waals surface area contributed by atoms with E-state index in [1.807, 2.05) is 0 Å². The largest absolute Gasteiger partial charge is 0.418 e. The quantitative estimate of drug-likeness (QED) is 0.775. The molecule has 0 aliphatic rings. The van der Waals surface area contributed by atoms with E-state index in [4.69, 9.17) is 16.7 Å². The van der Waals surface area contributed by atoms with Crippen LogP contribution in [0.5, 0.6) is 0 Å². The summed E-state index contributed by atoms with van der Waals surface area (Å²) in [7, 11) is 0. The SMILES string of the molecule is Cl.O[C@H](c1ccc(Cl)nc1)C(F)(F)F. The number of aliphatic hydroxyl groups excluding tert-OH is 1. The molecule has 0 saturated heterocycles. The van der Waals surface area contributed by atoms with Crippen molar-refractivity contribution in [1.29, 1.82) is 0 Å². The second-order valence-electron chi connectivity index (χ2n) is 2.36. The highest BCUT2D eigenvalue weighted by molar-refractivity contribution is 6.29. The first-order valence-electron chi connectivity index (χ1n) is 3.27. The summed E-state index contributed by atoms with van der Waals surface area (Å²) in [6.07, 6.45) is -6.28. The van der Waals surface area contributed by atoms with Crippen molar-refractivity contribution in [2.75, 3.05) is 0 Å².